The second kappa shape index (κ2) is 3.68. The molecule has 0 atom stereocenters. The van der Waals surface area contributed by atoms with Crippen LogP contribution in [0.3, 0.4) is 0 Å². The Kier molecular flexibility index (Phi) is 2.93. The number of rotatable bonds is 1. The number of carbonyl (C=O) groups excluding carboxylic acids is 1. The van der Waals surface area contributed by atoms with E-state index in [0.29, 0.717) is 12.2 Å². The lowest BCUT2D eigenvalue weighted by atomic mass is 9.73. The van der Waals surface area contributed by atoms with Crippen LogP contribution in [-0.2, 0) is 4.79 Å². The van der Waals surface area contributed by atoms with Gasteiger partial charge in [-0.05, 0) is 18.8 Å². The van der Waals surface area contributed by atoms with Gasteiger partial charge in [0.15, 0.2) is 12.0 Å². The van der Waals surface area contributed by atoms with Gasteiger partial charge in [-0.3, -0.25) is 4.79 Å². The molecule has 0 aromatic rings. The summed E-state index contributed by atoms with van der Waals surface area (Å²) in [5.41, 5.74) is 2.27. The van der Waals surface area contributed by atoms with Gasteiger partial charge in [0.1, 0.15) is 14.1 Å². The van der Waals surface area contributed by atoms with Gasteiger partial charge in [-0.25, -0.2) is 4.58 Å². The molecule has 0 saturated carbocycles. The zero-order valence-electron chi connectivity index (χ0n) is 9.85. The molecular weight excluding hydrogens is 174 g/mol. The van der Waals surface area contributed by atoms with E-state index < -0.39 is 0 Å². The molecule has 0 spiro atoms. The standard InChI is InChI=1S/C12H20NO/c1-9-10(8-13(4)5)12(2,3)7-6-11(9)14/h8H,6-7H2,1-5H3/q+1. The molecular formula is C12H20NO+. The van der Waals surface area contributed by atoms with Crippen LogP contribution >= 0.6 is 0 Å². The number of nitrogens with zero attached hydrogens (tertiary/aromatic N) is 1. The van der Waals surface area contributed by atoms with E-state index >= 15 is 0 Å². The number of hydrogen-bond acceptors (Lipinski definition) is 1. The maximum atomic E-state index is 11.6. The van der Waals surface area contributed by atoms with Crippen molar-refractivity contribution in [1.29, 1.82) is 0 Å². The smallest absolute Gasteiger partial charge is 0.167 e. The Balaban J connectivity index is 3.22. The predicted octanol–water partition coefficient (Wildman–Crippen LogP) is 2.03. The van der Waals surface area contributed by atoms with Crippen LogP contribution in [0.1, 0.15) is 33.6 Å². The average molecular weight is 194 g/mol. The van der Waals surface area contributed by atoms with E-state index in [9.17, 15) is 4.79 Å². The molecule has 1 aliphatic carbocycles. The zero-order valence-corrected chi connectivity index (χ0v) is 9.85. The van der Waals surface area contributed by atoms with Crippen LogP contribution in [0.25, 0.3) is 0 Å². The second-order valence-corrected chi connectivity index (χ2v) is 4.94. The van der Waals surface area contributed by atoms with Crippen LogP contribution in [0.4, 0.5) is 0 Å². The number of ketones is 1. The Labute approximate surface area is 86.3 Å². The minimum Gasteiger partial charge on any atom is -0.295 e. The summed E-state index contributed by atoms with van der Waals surface area (Å²) in [4.78, 5) is 11.6. The molecule has 0 radical (unpaired) electrons. The largest absolute Gasteiger partial charge is 0.295 e. The van der Waals surface area contributed by atoms with Crippen molar-refractivity contribution in [3.05, 3.63) is 11.1 Å². The minimum absolute atomic E-state index is 0.141. The van der Waals surface area contributed by atoms with Crippen molar-refractivity contribution in [3.63, 3.8) is 0 Å². The Morgan fingerprint density at radius 1 is 1.36 bits per heavy atom. The van der Waals surface area contributed by atoms with Gasteiger partial charge in [0.05, 0.1) is 0 Å². The molecule has 78 valence electrons. The normalized spacial score (nSPS) is 21.1. The molecule has 0 fully saturated rings. The van der Waals surface area contributed by atoms with E-state index in [1.165, 1.54) is 5.57 Å². The van der Waals surface area contributed by atoms with Crippen LogP contribution in [0.2, 0.25) is 0 Å². The van der Waals surface area contributed by atoms with Gasteiger partial charge in [-0.1, -0.05) is 13.8 Å². The first-order chi connectivity index (χ1) is 6.34. The monoisotopic (exact) mass is 194 g/mol. The van der Waals surface area contributed by atoms with Gasteiger partial charge in [0, 0.05) is 17.6 Å². The molecule has 2 nitrogen and oxygen atoms in total. The predicted molar refractivity (Wildman–Crippen MR) is 58.9 cm³/mol. The molecule has 0 N–H and O–H groups in total. The van der Waals surface area contributed by atoms with Crippen LogP contribution in [0.5, 0.6) is 0 Å². The summed E-state index contributed by atoms with van der Waals surface area (Å²) >= 11 is 0. The van der Waals surface area contributed by atoms with Crippen molar-refractivity contribution < 1.29 is 9.37 Å². The summed E-state index contributed by atoms with van der Waals surface area (Å²) in [5, 5.41) is 0. The fourth-order valence-electron chi connectivity index (χ4n) is 1.94. The van der Waals surface area contributed by atoms with E-state index in [4.69, 9.17) is 0 Å². The topological polar surface area (TPSA) is 20.1 Å². The Morgan fingerprint density at radius 2 is 1.93 bits per heavy atom. The van der Waals surface area contributed by atoms with Crippen molar-refractivity contribution in [1.82, 2.24) is 0 Å². The first-order valence-corrected chi connectivity index (χ1v) is 5.10. The van der Waals surface area contributed by atoms with Crippen molar-refractivity contribution in [2.45, 2.75) is 33.6 Å². The lowest BCUT2D eigenvalue weighted by molar-refractivity contribution is -0.459. The number of Topliss-reactive ketones (excluding diaryl/α,β-unsaturated/α-hetero) is 1. The van der Waals surface area contributed by atoms with Crippen LogP contribution < -0.4 is 0 Å². The first-order valence-electron chi connectivity index (χ1n) is 5.10. The molecule has 14 heavy (non-hydrogen) atoms. The summed E-state index contributed by atoms with van der Waals surface area (Å²) in [7, 11) is 3.99. The second-order valence-electron chi connectivity index (χ2n) is 4.94. The van der Waals surface area contributed by atoms with Crippen LogP contribution in [0.15, 0.2) is 11.1 Å². The van der Waals surface area contributed by atoms with Gasteiger partial charge < -0.3 is 0 Å². The lowest BCUT2D eigenvalue weighted by Gasteiger charge is -2.30. The minimum atomic E-state index is 0.141. The molecule has 2 heteroatoms. The highest BCUT2D eigenvalue weighted by atomic mass is 16.1. The molecule has 0 bridgehead atoms. The van der Waals surface area contributed by atoms with E-state index in [2.05, 4.69) is 20.1 Å². The SMILES string of the molecule is CC1=C(C=[N+](C)C)C(C)(C)CCC1=O. The molecule has 0 aromatic carbocycles. The van der Waals surface area contributed by atoms with E-state index in [0.717, 1.165) is 12.0 Å². The summed E-state index contributed by atoms with van der Waals surface area (Å²) in [5.74, 6) is 0.303. The molecule has 0 heterocycles. The molecule has 0 aromatic heterocycles. The highest BCUT2D eigenvalue weighted by molar-refractivity contribution is 6.01. The van der Waals surface area contributed by atoms with E-state index in [1.54, 1.807) is 0 Å². The highest BCUT2D eigenvalue weighted by Gasteiger charge is 2.32. The molecule has 0 saturated heterocycles. The van der Waals surface area contributed by atoms with Crippen molar-refractivity contribution in [2.24, 2.45) is 5.41 Å². The van der Waals surface area contributed by atoms with E-state index in [-0.39, 0.29) is 5.41 Å². The summed E-state index contributed by atoms with van der Waals surface area (Å²) in [6.07, 6.45) is 3.73. The van der Waals surface area contributed by atoms with Crippen LogP contribution in [-0.4, -0.2) is 30.7 Å². The first kappa shape index (κ1) is 11.2. The number of hydrogen-bond donors (Lipinski definition) is 0. The Bertz CT molecular complexity index is 317. The van der Waals surface area contributed by atoms with Crippen LogP contribution in [0, 0.1) is 5.41 Å². The molecule has 0 aliphatic heterocycles. The maximum Gasteiger partial charge on any atom is 0.167 e. The third kappa shape index (κ3) is 2.11. The number of carbonyl (C=O) groups is 1. The average Bonchev–Trinajstić information content (AvgIpc) is 2.06. The molecule has 1 rings (SSSR count). The van der Waals surface area contributed by atoms with Gasteiger partial charge in [0.2, 0.25) is 0 Å². The highest BCUT2D eigenvalue weighted by Crippen LogP contribution is 2.37. The fourth-order valence-corrected chi connectivity index (χ4v) is 1.94. The van der Waals surface area contributed by atoms with Gasteiger partial charge in [-0.15, -0.1) is 0 Å². The number of allylic oxidation sites excluding steroid dienone is 2. The van der Waals surface area contributed by atoms with Gasteiger partial charge in [0.25, 0.3) is 0 Å². The van der Waals surface area contributed by atoms with Gasteiger partial charge >= 0.3 is 0 Å². The van der Waals surface area contributed by atoms with Crippen molar-refractivity contribution in [3.8, 4) is 0 Å². The molecule has 1 aliphatic rings. The summed E-state index contributed by atoms with van der Waals surface area (Å²) in [6, 6.07) is 0. The third-order valence-corrected chi connectivity index (χ3v) is 2.92. The van der Waals surface area contributed by atoms with Crippen molar-refractivity contribution in [2.75, 3.05) is 14.1 Å². The Morgan fingerprint density at radius 3 is 2.43 bits per heavy atom. The molecule has 0 amide bonds. The fraction of sp³-hybridized carbons (Fsp3) is 0.667. The lowest BCUT2D eigenvalue weighted by Crippen LogP contribution is -2.27. The zero-order chi connectivity index (χ0) is 10.9. The van der Waals surface area contributed by atoms with Crippen molar-refractivity contribution >= 4 is 12.0 Å². The summed E-state index contributed by atoms with van der Waals surface area (Å²) in [6.45, 7) is 6.36. The molecule has 0 unspecified atom stereocenters. The van der Waals surface area contributed by atoms with E-state index in [1.807, 2.05) is 25.6 Å². The third-order valence-electron chi connectivity index (χ3n) is 2.92. The van der Waals surface area contributed by atoms with Gasteiger partial charge in [-0.2, -0.15) is 0 Å². The maximum absolute atomic E-state index is 11.6. The summed E-state index contributed by atoms with van der Waals surface area (Å²) < 4.78 is 2.01. The Hall–Kier alpha value is -0.920. The quantitative estimate of drug-likeness (QED) is 0.462.